The molecule has 17 nitrogen and oxygen atoms in total. The number of hydrogen-bond acceptors (Lipinski definition) is 14. The number of aromatic nitrogens is 1. The summed E-state index contributed by atoms with van der Waals surface area (Å²) in [5.74, 6) is -2.30. The number of sulfonamides is 1. The maximum atomic E-state index is 13.6. The molecule has 4 N–H and O–H groups in total. The Morgan fingerprint density at radius 3 is 1.60 bits per heavy atom. The molecule has 6 aromatic rings. The fourth-order valence-corrected chi connectivity index (χ4v) is 11.5. The summed E-state index contributed by atoms with van der Waals surface area (Å²) in [4.78, 5) is 62.4. The maximum absolute atomic E-state index is 13.6. The minimum Gasteiger partial charge on any atom is -0.379 e. The molecule has 2 aliphatic rings. The molecule has 0 radical (unpaired) electrons. The van der Waals surface area contributed by atoms with Crippen LogP contribution in [0, 0.1) is 11.6 Å². The smallest absolute Gasteiger partial charge is 0.261 e. The van der Waals surface area contributed by atoms with Crippen LogP contribution in [0.1, 0.15) is 70.7 Å². The van der Waals surface area contributed by atoms with Crippen molar-refractivity contribution in [2.45, 2.75) is 86.5 Å². The van der Waals surface area contributed by atoms with Gasteiger partial charge in [-0.15, -0.1) is 0 Å². The second-order valence-electron chi connectivity index (χ2n) is 22.0. The van der Waals surface area contributed by atoms with Gasteiger partial charge in [0, 0.05) is 98.2 Å². The number of carbonyl (C=O) groups excluding carboxylic acids is 4. The quantitative estimate of drug-likeness (QED) is 0.0578. The number of carbonyl (C=O) groups is 4. The summed E-state index contributed by atoms with van der Waals surface area (Å²) in [5.41, 5.74) is 8.43. The van der Waals surface area contributed by atoms with Crippen molar-refractivity contribution in [1.82, 2.24) is 29.7 Å². The summed E-state index contributed by atoms with van der Waals surface area (Å²) in [6.45, 7) is 15.7. The Kier molecular flexibility index (Phi) is 24.5. The molecule has 450 valence electrons. The second-order valence-corrected chi connectivity index (χ2v) is 26.2. The molecular weight excluding hydrogens is 1140 g/mol. The predicted molar refractivity (Wildman–Crippen MR) is 319 cm³/mol. The van der Waals surface area contributed by atoms with Gasteiger partial charge in [-0.2, -0.15) is 0 Å². The molecule has 2 atom stereocenters. The van der Waals surface area contributed by atoms with Crippen LogP contribution in [0.2, 0.25) is 0 Å². The van der Waals surface area contributed by atoms with Crippen molar-refractivity contribution in [1.29, 1.82) is 0 Å². The third-order valence-corrected chi connectivity index (χ3v) is 16.5. The van der Waals surface area contributed by atoms with E-state index in [1.54, 1.807) is 13.1 Å². The lowest BCUT2D eigenvalue weighted by molar-refractivity contribution is -0.122. The number of morpholine rings is 2. The molecule has 1 aromatic heterocycles. The SMILES string of the molecule is CC(C)(N)CN1CCOCC1.CN(C(=O)c1ccc(F)cc1)[C@@H](Cc1ccccc1)C(=O)Cc1ccc(S(=O)(=O)NC(C)(C)CN2CCOCC2)nc1.O=C(N[C@@H](Cc1ccccc1)C(=O)Cc1ccc(S(=O)(=O)Cl)cc1)c1ccc(F)cc1. The van der Waals surface area contributed by atoms with E-state index in [1.807, 2.05) is 74.5 Å². The van der Waals surface area contributed by atoms with Crippen LogP contribution in [0.5, 0.6) is 0 Å². The van der Waals surface area contributed by atoms with Crippen molar-refractivity contribution < 1.29 is 54.3 Å². The van der Waals surface area contributed by atoms with Gasteiger partial charge in [-0.3, -0.25) is 29.0 Å². The number of amides is 2. The summed E-state index contributed by atoms with van der Waals surface area (Å²) in [5, 5.41) is 2.59. The number of rotatable bonds is 22. The standard InChI is InChI=1S/C31H37FN4O5S.C23H19ClFNO4S.C8H18N2O/c1-31(2,22-36-15-17-41-18-16-36)34-42(39,40)29-14-9-24(21-33-29)20-28(37)27(19-23-7-5-4-6-8-23)35(3)30(38)25-10-12-26(32)13-11-25;24-31(29,30)20-12-6-17(7-13-20)15-22(27)21(14-16-4-2-1-3-5-16)26-23(28)18-8-10-19(25)11-9-18;1-8(2,9)7-10-3-5-11-6-4-10/h4-14,21,27,34H,15-20,22H2,1-3H3;1-13,21H,14-15H2,(H,26,28);3-7,9H2,1-2H3/t27-;21-;/m00./s1. The zero-order valence-electron chi connectivity index (χ0n) is 47.9. The van der Waals surface area contributed by atoms with Gasteiger partial charge in [0.2, 0.25) is 0 Å². The Morgan fingerprint density at radius 1 is 0.631 bits per heavy atom. The van der Waals surface area contributed by atoms with Crippen LogP contribution >= 0.6 is 10.7 Å². The number of nitrogens with one attached hydrogen (secondary N) is 2. The average Bonchev–Trinajstić information content (AvgIpc) is 3.61. The summed E-state index contributed by atoms with van der Waals surface area (Å²) < 4.78 is 88.9. The number of hydrogen-bond donors (Lipinski definition) is 3. The third kappa shape index (κ3) is 22.1. The molecule has 2 saturated heterocycles. The number of ether oxygens (including phenoxy) is 2. The Bertz CT molecular complexity index is 3320. The van der Waals surface area contributed by atoms with E-state index in [2.05, 4.69) is 38.7 Å². The van der Waals surface area contributed by atoms with Crippen LogP contribution in [-0.2, 0) is 63.8 Å². The summed E-state index contributed by atoms with van der Waals surface area (Å²) in [6, 6.07) is 35.8. The molecule has 84 heavy (non-hydrogen) atoms. The molecule has 2 fully saturated rings. The zero-order chi connectivity index (χ0) is 61.1. The topological polar surface area (TPSA) is 228 Å². The van der Waals surface area contributed by atoms with Crippen LogP contribution in [0.4, 0.5) is 8.78 Å². The van der Waals surface area contributed by atoms with E-state index in [-0.39, 0.29) is 63.8 Å². The molecule has 0 unspecified atom stereocenters. The van der Waals surface area contributed by atoms with E-state index in [1.165, 1.54) is 90.0 Å². The maximum Gasteiger partial charge on any atom is 0.261 e. The Labute approximate surface area is 496 Å². The molecule has 0 aliphatic carbocycles. The van der Waals surface area contributed by atoms with Crippen molar-refractivity contribution >= 4 is 53.1 Å². The lowest BCUT2D eigenvalue weighted by Crippen LogP contribution is -2.53. The van der Waals surface area contributed by atoms with Crippen LogP contribution in [0.3, 0.4) is 0 Å². The molecule has 2 aliphatic heterocycles. The Balaban J connectivity index is 0.000000235. The van der Waals surface area contributed by atoms with Gasteiger partial charge in [0.25, 0.3) is 30.9 Å². The molecule has 2 amide bonds. The molecule has 0 bridgehead atoms. The van der Waals surface area contributed by atoms with Crippen LogP contribution < -0.4 is 15.8 Å². The number of benzene rings is 5. The van der Waals surface area contributed by atoms with E-state index in [9.17, 15) is 44.8 Å². The van der Waals surface area contributed by atoms with Gasteiger partial charge in [-0.05, 0) is 130 Å². The number of nitrogens with two attached hydrogens (primary N) is 1. The zero-order valence-corrected chi connectivity index (χ0v) is 50.3. The first-order valence-corrected chi connectivity index (χ1v) is 31.2. The molecule has 0 saturated carbocycles. The monoisotopic (exact) mass is 1210 g/mol. The summed E-state index contributed by atoms with van der Waals surface area (Å²) in [6.07, 6.45) is 1.88. The average molecular weight is 1210 g/mol. The number of ketones is 2. The minimum absolute atomic E-state index is 0.0101. The van der Waals surface area contributed by atoms with E-state index >= 15 is 0 Å². The number of pyridine rings is 1. The van der Waals surface area contributed by atoms with E-state index < -0.39 is 60.1 Å². The van der Waals surface area contributed by atoms with Gasteiger partial charge in [0.05, 0.1) is 43.4 Å². The normalized spacial score (nSPS) is 15.0. The molecule has 3 heterocycles. The van der Waals surface area contributed by atoms with Crippen LogP contribution in [0.15, 0.2) is 162 Å². The largest absolute Gasteiger partial charge is 0.379 e. The summed E-state index contributed by atoms with van der Waals surface area (Å²) >= 11 is 0. The fourth-order valence-electron chi connectivity index (χ4n) is 9.37. The van der Waals surface area contributed by atoms with Gasteiger partial charge in [-0.25, -0.2) is 35.3 Å². The lowest BCUT2D eigenvalue weighted by Gasteiger charge is -2.35. The van der Waals surface area contributed by atoms with Gasteiger partial charge in [0.1, 0.15) is 11.6 Å². The van der Waals surface area contributed by atoms with E-state index in [0.717, 1.165) is 57.1 Å². The fraction of sp³-hybridized carbons (Fsp3) is 0.371. The first-order chi connectivity index (χ1) is 39.7. The van der Waals surface area contributed by atoms with Gasteiger partial charge in [-0.1, -0.05) is 78.9 Å². The predicted octanol–water partition coefficient (Wildman–Crippen LogP) is 7.07. The van der Waals surface area contributed by atoms with E-state index in [4.69, 9.17) is 25.9 Å². The van der Waals surface area contributed by atoms with Gasteiger partial charge >= 0.3 is 0 Å². The highest BCUT2D eigenvalue weighted by Crippen LogP contribution is 2.20. The number of nitrogens with zero attached hydrogens (tertiary/aromatic N) is 4. The van der Waals surface area contributed by atoms with E-state index in [0.29, 0.717) is 30.9 Å². The summed E-state index contributed by atoms with van der Waals surface area (Å²) in [7, 11) is -0.896. The van der Waals surface area contributed by atoms with Crippen molar-refractivity contribution in [3.8, 4) is 0 Å². The van der Waals surface area contributed by atoms with Gasteiger partial charge < -0.3 is 25.4 Å². The Morgan fingerprint density at radius 2 is 1.11 bits per heavy atom. The van der Waals surface area contributed by atoms with Gasteiger partial charge in [0.15, 0.2) is 16.6 Å². The van der Waals surface area contributed by atoms with Crippen molar-refractivity contribution in [3.05, 3.63) is 197 Å². The lowest BCUT2D eigenvalue weighted by atomic mass is 9.96. The minimum atomic E-state index is -3.91. The second kappa shape index (κ2) is 30.9. The Hall–Kier alpha value is -6.66. The number of halogens is 3. The van der Waals surface area contributed by atoms with Crippen molar-refractivity contribution in [2.75, 3.05) is 72.7 Å². The van der Waals surface area contributed by atoms with Crippen molar-refractivity contribution in [2.24, 2.45) is 5.73 Å². The van der Waals surface area contributed by atoms with Crippen LogP contribution in [0.25, 0.3) is 0 Å². The number of likely N-dealkylation sites (N-methyl/N-ethyl adjacent to an activating group) is 1. The van der Waals surface area contributed by atoms with Crippen molar-refractivity contribution in [3.63, 3.8) is 0 Å². The first kappa shape index (κ1) is 66.5. The highest BCUT2D eigenvalue weighted by atomic mass is 35.7. The molecule has 0 spiro atoms. The highest BCUT2D eigenvalue weighted by Gasteiger charge is 2.32. The first-order valence-electron chi connectivity index (χ1n) is 27.4. The van der Waals surface area contributed by atoms with Crippen LogP contribution in [-0.4, -0.2) is 156 Å². The molecule has 8 rings (SSSR count). The highest BCUT2D eigenvalue weighted by molar-refractivity contribution is 8.13. The molecular formula is C62H74ClF2N7O10S2. The third-order valence-electron chi connectivity index (χ3n) is 13.5. The number of Topliss-reactive ketones (excluding diaryl/α,β-unsaturated/α-hetero) is 2. The molecule has 5 aromatic carbocycles. The molecule has 22 heteroatoms.